The van der Waals surface area contributed by atoms with Gasteiger partial charge in [0.15, 0.2) is 0 Å². The van der Waals surface area contributed by atoms with Crippen LogP contribution >= 0.6 is 0 Å². The summed E-state index contributed by atoms with van der Waals surface area (Å²) >= 11 is 0. The first-order chi connectivity index (χ1) is 7.58. The molecule has 2 N–H and O–H groups in total. The first-order valence-corrected chi connectivity index (χ1v) is 6.07. The Balaban J connectivity index is 1.89. The third-order valence-corrected chi connectivity index (χ3v) is 3.56. The van der Waals surface area contributed by atoms with E-state index in [0.717, 1.165) is 36.1 Å². The van der Waals surface area contributed by atoms with Gasteiger partial charge in [-0.3, -0.25) is 0 Å². The average molecular weight is 219 g/mol. The third kappa shape index (κ3) is 2.56. The van der Waals surface area contributed by atoms with Gasteiger partial charge < -0.3 is 10.4 Å². The minimum atomic E-state index is 0.430. The van der Waals surface area contributed by atoms with Gasteiger partial charge in [-0.25, -0.2) is 0 Å². The first-order valence-electron chi connectivity index (χ1n) is 6.07. The van der Waals surface area contributed by atoms with Gasteiger partial charge in [0.1, 0.15) is 5.75 Å². The van der Waals surface area contributed by atoms with Gasteiger partial charge in [0.05, 0.1) is 0 Å². The third-order valence-electron chi connectivity index (χ3n) is 3.56. The fourth-order valence-corrected chi connectivity index (χ4v) is 2.23. The van der Waals surface area contributed by atoms with Gasteiger partial charge in [-0.1, -0.05) is 19.1 Å². The molecular formula is C14H21NO. The first kappa shape index (κ1) is 11.5. The Labute approximate surface area is 97.7 Å². The highest BCUT2D eigenvalue weighted by Crippen LogP contribution is 2.36. The van der Waals surface area contributed by atoms with Crippen molar-refractivity contribution in [2.75, 3.05) is 6.54 Å². The summed E-state index contributed by atoms with van der Waals surface area (Å²) in [6.45, 7) is 8.25. The molecule has 88 valence electrons. The van der Waals surface area contributed by atoms with Crippen LogP contribution in [0.2, 0.25) is 0 Å². The van der Waals surface area contributed by atoms with Gasteiger partial charge in [0.2, 0.25) is 0 Å². The monoisotopic (exact) mass is 219 g/mol. The maximum atomic E-state index is 9.67. The Morgan fingerprint density at radius 3 is 2.38 bits per heavy atom. The number of aryl methyl sites for hydroxylation is 2. The molecule has 0 aromatic heterocycles. The second kappa shape index (κ2) is 4.46. The molecule has 0 radical (unpaired) electrons. The molecule has 2 atom stereocenters. The van der Waals surface area contributed by atoms with Gasteiger partial charge in [-0.05, 0) is 55.3 Å². The molecule has 2 nitrogen and oxygen atoms in total. The van der Waals surface area contributed by atoms with Crippen molar-refractivity contribution in [1.29, 1.82) is 0 Å². The number of hydrogen-bond donors (Lipinski definition) is 2. The van der Waals surface area contributed by atoms with Crippen LogP contribution in [0, 0.1) is 25.7 Å². The molecule has 1 saturated carbocycles. The number of rotatable bonds is 4. The molecule has 1 fully saturated rings. The average Bonchev–Trinajstić information content (AvgIpc) is 2.91. The van der Waals surface area contributed by atoms with E-state index in [1.54, 1.807) is 0 Å². The Morgan fingerprint density at radius 1 is 1.31 bits per heavy atom. The Bertz CT molecular complexity index is 363. The van der Waals surface area contributed by atoms with Crippen molar-refractivity contribution >= 4 is 0 Å². The van der Waals surface area contributed by atoms with Crippen LogP contribution in [0.15, 0.2) is 12.1 Å². The van der Waals surface area contributed by atoms with E-state index in [9.17, 15) is 5.11 Å². The minimum absolute atomic E-state index is 0.430. The van der Waals surface area contributed by atoms with Gasteiger partial charge in [0.25, 0.3) is 0 Å². The molecule has 1 aliphatic carbocycles. The van der Waals surface area contributed by atoms with Crippen LogP contribution in [0.5, 0.6) is 5.75 Å². The van der Waals surface area contributed by atoms with E-state index in [0.29, 0.717) is 5.75 Å². The summed E-state index contributed by atoms with van der Waals surface area (Å²) in [7, 11) is 0. The number of phenols is 1. The lowest BCUT2D eigenvalue weighted by Gasteiger charge is -2.09. The fourth-order valence-electron chi connectivity index (χ4n) is 2.23. The molecule has 2 unspecified atom stereocenters. The molecule has 2 rings (SSSR count). The maximum absolute atomic E-state index is 9.67. The summed E-state index contributed by atoms with van der Waals surface area (Å²) in [5, 5.41) is 13.2. The highest BCUT2D eigenvalue weighted by molar-refractivity contribution is 5.42. The predicted molar refractivity (Wildman–Crippen MR) is 66.6 cm³/mol. The van der Waals surface area contributed by atoms with E-state index < -0.39 is 0 Å². The van der Waals surface area contributed by atoms with Gasteiger partial charge in [-0.15, -0.1) is 0 Å². The van der Waals surface area contributed by atoms with Crippen molar-refractivity contribution in [2.45, 2.75) is 33.7 Å². The molecule has 2 heteroatoms. The molecule has 0 saturated heterocycles. The van der Waals surface area contributed by atoms with E-state index in [2.05, 4.69) is 24.4 Å². The van der Waals surface area contributed by atoms with Gasteiger partial charge in [0, 0.05) is 6.54 Å². The number of aromatic hydroxyl groups is 1. The van der Waals surface area contributed by atoms with Crippen molar-refractivity contribution < 1.29 is 5.11 Å². The summed E-state index contributed by atoms with van der Waals surface area (Å²) < 4.78 is 0. The van der Waals surface area contributed by atoms with E-state index in [-0.39, 0.29) is 0 Å². The Kier molecular flexibility index (Phi) is 3.20. The molecule has 1 aromatic carbocycles. The van der Waals surface area contributed by atoms with E-state index in [4.69, 9.17) is 0 Å². The van der Waals surface area contributed by atoms with Crippen LogP contribution < -0.4 is 5.32 Å². The lowest BCUT2D eigenvalue weighted by atomic mass is 10.1. The summed E-state index contributed by atoms with van der Waals surface area (Å²) in [6.07, 6.45) is 1.38. The molecule has 0 heterocycles. The molecule has 16 heavy (non-hydrogen) atoms. The molecule has 0 spiro atoms. The normalized spacial score (nSPS) is 23.4. The van der Waals surface area contributed by atoms with Crippen molar-refractivity contribution in [3.05, 3.63) is 28.8 Å². The van der Waals surface area contributed by atoms with Crippen molar-refractivity contribution in [3.63, 3.8) is 0 Å². The van der Waals surface area contributed by atoms with Crippen LogP contribution in [0.3, 0.4) is 0 Å². The highest BCUT2D eigenvalue weighted by atomic mass is 16.3. The Hall–Kier alpha value is -1.02. The zero-order valence-electron chi connectivity index (χ0n) is 10.4. The second-order valence-corrected chi connectivity index (χ2v) is 5.18. The van der Waals surface area contributed by atoms with Crippen LogP contribution in [0.25, 0.3) is 0 Å². The zero-order chi connectivity index (χ0) is 11.7. The standard InChI is InChI=1S/C14H21NO/c1-9-6-13(9)8-15-7-12-4-10(2)14(16)11(3)5-12/h4-5,9,13,15-16H,6-8H2,1-3H3. The fraction of sp³-hybridized carbons (Fsp3) is 0.571. The van der Waals surface area contributed by atoms with Crippen LogP contribution in [-0.2, 0) is 6.54 Å². The quantitative estimate of drug-likeness (QED) is 0.816. The number of phenolic OH excluding ortho intramolecular Hbond substituents is 1. The van der Waals surface area contributed by atoms with Gasteiger partial charge >= 0.3 is 0 Å². The lowest BCUT2D eigenvalue weighted by molar-refractivity contribution is 0.466. The second-order valence-electron chi connectivity index (χ2n) is 5.18. The predicted octanol–water partition coefficient (Wildman–Crippen LogP) is 2.75. The van der Waals surface area contributed by atoms with Crippen molar-refractivity contribution in [3.8, 4) is 5.75 Å². The summed E-state index contributed by atoms with van der Waals surface area (Å²) in [4.78, 5) is 0. The summed E-state index contributed by atoms with van der Waals surface area (Å²) in [5.74, 6) is 2.23. The minimum Gasteiger partial charge on any atom is -0.507 e. The van der Waals surface area contributed by atoms with Gasteiger partial charge in [-0.2, -0.15) is 0 Å². The van der Waals surface area contributed by atoms with E-state index in [1.807, 2.05) is 13.8 Å². The summed E-state index contributed by atoms with van der Waals surface area (Å²) in [6, 6.07) is 4.12. The lowest BCUT2D eigenvalue weighted by Crippen LogP contribution is -2.16. The van der Waals surface area contributed by atoms with Crippen LogP contribution in [0.4, 0.5) is 0 Å². The molecule has 0 amide bonds. The highest BCUT2D eigenvalue weighted by Gasteiger charge is 2.31. The topological polar surface area (TPSA) is 32.3 Å². The van der Waals surface area contributed by atoms with E-state index >= 15 is 0 Å². The Morgan fingerprint density at radius 2 is 1.88 bits per heavy atom. The molecular weight excluding hydrogens is 198 g/mol. The SMILES string of the molecule is Cc1cc(CNCC2CC2C)cc(C)c1O. The number of hydrogen-bond acceptors (Lipinski definition) is 2. The molecule has 0 bridgehead atoms. The molecule has 1 aromatic rings. The van der Waals surface area contributed by atoms with Crippen LogP contribution in [-0.4, -0.2) is 11.7 Å². The maximum Gasteiger partial charge on any atom is 0.121 e. The number of nitrogens with one attached hydrogen (secondary N) is 1. The van der Waals surface area contributed by atoms with E-state index in [1.165, 1.54) is 12.0 Å². The largest absolute Gasteiger partial charge is 0.507 e. The molecule has 1 aliphatic rings. The van der Waals surface area contributed by atoms with Crippen molar-refractivity contribution in [2.24, 2.45) is 11.8 Å². The van der Waals surface area contributed by atoms with Crippen molar-refractivity contribution in [1.82, 2.24) is 5.32 Å². The number of benzene rings is 1. The molecule has 0 aliphatic heterocycles. The smallest absolute Gasteiger partial charge is 0.121 e. The zero-order valence-corrected chi connectivity index (χ0v) is 10.4. The van der Waals surface area contributed by atoms with Crippen LogP contribution in [0.1, 0.15) is 30.0 Å². The summed E-state index contributed by atoms with van der Waals surface area (Å²) in [5.41, 5.74) is 3.20.